The van der Waals surface area contributed by atoms with E-state index in [2.05, 4.69) is 52.1 Å². The number of hydrogen-bond acceptors (Lipinski definition) is 31. The van der Waals surface area contributed by atoms with E-state index < -0.39 is 113 Å². The maximum atomic E-state index is 12.6. The van der Waals surface area contributed by atoms with Gasteiger partial charge in [0, 0.05) is 88.2 Å². The molecule has 2 aromatic carbocycles. The van der Waals surface area contributed by atoms with E-state index >= 15 is 0 Å². The van der Waals surface area contributed by atoms with Gasteiger partial charge in [-0.15, -0.1) is 10.2 Å². The maximum Gasteiger partial charge on any atom is 0.325 e. The predicted molar refractivity (Wildman–Crippen MR) is 408 cm³/mol. The largest absolute Gasteiger partial charge is 0.462 e. The highest BCUT2D eigenvalue weighted by Crippen LogP contribution is 2.39. The molecule has 15 N–H and O–H groups in total. The van der Waals surface area contributed by atoms with Crippen LogP contribution in [0.2, 0.25) is 0 Å². The molecule has 0 radical (unpaired) electrons. The van der Waals surface area contributed by atoms with E-state index in [-0.39, 0.29) is 63.0 Å². The highest BCUT2D eigenvalue weighted by Gasteiger charge is 2.47. The Labute approximate surface area is 670 Å². The molecule has 0 bridgehead atoms. The van der Waals surface area contributed by atoms with Crippen LogP contribution in [0.15, 0.2) is 73.1 Å². The summed E-state index contributed by atoms with van der Waals surface area (Å²) in [6.45, 7) is 10.5. The fourth-order valence-corrected chi connectivity index (χ4v) is 12.6. The number of carbonyl (C=O) groups is 5. The molecule has 3 aliphatic heterocycles. The second-order valence-electron chi connectivity index (χ2n) is 26.9. The summed E-state index contributed by atoms with van der Waals surface area (Å²) in [6.07, 6.45) is -6.53. The Bertz CT molecular complexity index is 3400. The van der Waals surface area contributed by atoms with Crippen LogP contribution in [-0.4, -0.2) is 358 Å². The molecule has 4 aromatic rings. The average molecular weight is 1690 g/mol. The molecule has 652 valence electrons. The van der Waals surface area contributed by atoms with E-state index in [0.29, 0.717) is 189 Å². The van der Waals surface area contributed by atoms with Crippen molar-refractivity contribution in [2.45, 2.75) is 132 Å². The van der Waals surface area contributed by atoms with Gasteiger partial charge in [0.2, 0.25) is 18.5 Å². The van der Waals surface area contributed by atoms with Crippen LogP contribution in [0.1, 0.15) is 56.3 Å². The van der Waals surface area contributed by atoms with E-state index in [0.717, 1.165) is 29.1 Å². The summed E-state index contributed by atoms with van der Waals surface area (Å²) in [7, 11) is -8.82. The number of imide groups is 1. The Morgan fingerprint density at radius 1 is 0.440 bits per heavy atom. The number of nitrogens with one attached hydrogen (secondary N) is 5. The van der Waals surface area contributed by atoms with Gasteiger partial charge < -0.3 is 138 Å². The molecule has 2 fully saturated rings. The number of hydrogen-bond donors (Lipinski definition) is 15. The number of benzene rings is 2. The molecule has 0 spiro atoms. The zero-order valence-corrected chi connectivity index (χ0v) is 66.5. The number of amides is 7. The van der Waals surface area contributed by atoms with Crippen LogP contribution in [0.25, 0.3) is 0 Å². The van der Waals surface area contributed by atoms with Gasteiger partial charge in [-0.1, -0.05) is 10.4 Å². The SMILES string of the molecule is O=C(CCOCCOCCOCCN(CCOCCOCCOCCn1cc(CCCCNC(=O)Nc2ccc(O[C@H]3O[C@H](CCP(=O)(O)O)[C@@H](O)[C@H](O)[C@@H]3O)cc2)nn1)CCOCCOCCOCCn1cc(CCCCNC(=O)Nc2ccc(O[C@H]3O[C@H](CCP(=O)(O)O)[C@@H](O)[C@H](O)[C@@H]3O)cc2)nn1)NCCN1C(=O)C=CC1=O. The number of unbranched alkanes of at least 4 members (excludes halogenated alkanes) is 2. The molecule has 116 heavy (non-hydrogen) atoms. The van der Waals surface area contributed by atoms with Gasteiger partial charge in [0.25, 0.3) is 11.8 Å². The van der Waals surface area contributed by atoms with Gasteiger partial charge in [-0.25, -0.2) is 19.0 Å². The maximum absolute atomic E-state index is 12.6. The Kier molecular flexibility index (Phi) is 44.1. The fourth-order valence-electron chi connectivity index (χ4n) is 11.4. The number of aliphatic hydroxyl groups is 6. The molecule has 45 heteroatoms. The summed E-state index contributed by atoms with van der Waals surface area (Å²) >= 11 is 0. The summed E-state index contributed by atoms with van der Waals surface area (Å²) in [4.78, 5) is 101. The number of anilines is 2. The van der Waals surface area contributed by atoms with Crippen molar-refractivity contribution >= 4 is 56.4 Å². The van der Waals surface area contributed by atoms with Gasteiger partial charge in [0.15, 0.2) is 0 Å². The second kappa shape index (κ2) is 53.4. The summed E-state index contributed by atoms with van der Waals surface area (Å²) in [5.74, 6) is -0.667. The average Bonchev–Trinajstić information content (AvgIpc) is 1.75. The predicted octanol–water partition coefficient (Wildman–Crippen LogP) is -1.75. The van der Waals surface area contributed by atoms with Gasteiger partial charge in [0.05, 0.1) is 168 Å². The number of nitrogens with zero attached hydrogens (tertiary/aromatic N) is 8. The molecule has 7 amide bonds. The van der Waals surface area contributed by atoms with Crippen LogP contribution in [0.5, 0.6) is 11.5 Å². The van der Waals surface area contributed by atoms with Crippen LogP contribution in [0.4, 0.5) is 21.0 Å². The first-order valence-electron chi connectivity index (χ1n) is 38.5. The lowest BCUT2D eigenvalue weighted by atomic mass is 9.97. The quantitative estimate of drug-likeness (QED) is 0.0132. The molecular weight excluding hydrogens is 1580 g/mol. The lowest BCUT2D eigenvalue weighted by molar-refractivity contribution is -0.272. The van der Waals surface area contributed by atoms with Gasteiger partial charge in [-0.2, -0.15) is 0 Å². The van der Waals surface area contributed by atoms with Crippen molar-refractivity contribution < 1.29 is 145 Å². The van der Waals surface area contributed by atoms with E-state index in [4.69, 9.17) is 61.6 Å². The van der Waals surface area contributed by atoms with E-state index in [9.17, 15) is 83.3 Å². The van der Waals surface area contributed by atoms with Gasteiger partial charge >= 0.3 is 27.3 Å². The first kappa shape index (κ1) is 95.9. The minimum Gasteiger partial charge on any atom is -0.462 e. The third kappa shape index (κ3) is 38.7. The van der Waals surface area contributed by atoms with Crippen molar-refractivity contribution in [3.8, 4) is 11.5 Å². The third-order valence-electron chi connectivity index (χ3n) is 17.8. The molecular formula is C71H113N13O30P2. The van der Waals surface area contributed by atoms with Crippen molar-refractivity contribution in [3.63, 3.8) is 0 Å². The number of carbonyl (C=O) groups excluding carboxylic acids is 5. The molecule has 2 aromatic heterocycles. The molecule has 5 heterocycles. The first-order valence-corrected chi connectivity index (χ1v) is 42.1. The van der Waals surface area contributed by atoms with Crippen molar-refractivity contribution in [1.82, 2.24) is 55.7 Å². The second-order valence-corrected chi connectivity index (χ2v) is 30.5. The molecule has 7 rings (SSSR count). The normalized spacial score (nSPS) is 20.4. The number of rotatable bonds is 61. The molecule has 2 saturated heterocycles. The highest BCUT2D eigenvalue weighted by molar-refractivity contribution is 7.52. The number of aromatic nitrogens is 6. The van der Waals surface area contributed by atoms with Gasteiger partial charge in [-0.3, -0.25) is 33.3 Å². The van der Waals surface area contributed by atoms with Gasteiger partial charge in [-0.05, 0) is 99.9 Å². The standard InChI is InChI=1S/C71H113N13O30P2/c85-59(72-22-23-84-60(86)15-16-61(84)87)17-29-102-35-41-108-42-36-103-30-24-81(25-31-104-37-43-109-45-39-106-33-27-82-49-53(77-79-82)5-1-3-20-73-70(94)75-51-7-11-55(12-8-51)111-68-66(92)64(90)62(88)57(113-68)18-47-115(96,97)98)26-32-105-38-44-110-46-40-107-34-28-83-50-54(78-80-83)6-2-4-21-74-71(95)76-52-9-13-56(14-10-52)112-69-67(93)65(91)63(89)58(114-69)19-48-116(99,100)101/h7-16,49-50,57-58,62-69,88-93H,1-6,17-48H2,(H,72,85)(H2,73,75,94)(H2,74,76,95)(H2,96,97,98)(H2,99,100,101)/t57-,58-,62-,63-,64+,65+,66+,67+,68+,69+/m1/s1. The number of aryl methyl sites for hydroxylation is 2. The van der Waals surface area contributed by atoms with E-state index in [1.54, 1.807) is 33.6 Å². The molecule has 0 unspecified atom stereocenters. The highest BCUT2D eigenvalue weighted by atomic mass is 31.2. The van der Waals surface area contributed by atoms with Crippen molar-refractivity contribution in [2.24, 2.45) is 0 Å². The Hall–Kier alpha value is -7.21. The Balaban J connectivity index is 0.674. The van der Waals surface area contributed by atoms with E-state index in [1.807, 2.05) is 12.4 Å². The van der Waals surface area contributed by atoms with Crippen LogP contribution < -0.4 is 36.1 Å². The zero-order chi connectivity index (χ0) is 83.3. The van der Waals surface area contributed by atoms with Crippen LogP contribution in [0.3, 0.4) is 0 Å². The molecule has 10 atom stereocenters. The summed E-state index contributed by atoms with van der Waals surface area (Å²) in [5, 5.41) is 92.3. The molecule has 0 saturated carbocycles. The first-order chi connectivity index (χ1) is 55.9. The minimum absolute atomic E-state index is 0.0942. The molecule has 3 aliphatic rings. The lowest BCUT2D eigenvalue weighted by Crippen LogP contribution is -2.59. The molecule has 0 aliphatic carbocycles. The fraction of sp³-hybridized carbons (Fsp3) is 0.676. The number of urea groups is 2. The Morgan fingerprint density at radius 2 is 0.802 bits per heavy atom. The zero-order valence-electron chi connectivity index (χ0n) is 64.7. The van der Waals surface area contributed by atoms with Crippen LogP contribution in [0, 0.1) is 0 Å². The Morgan fingerprint density at radius 3 is 1.18 bits per heavy atom. The third-order valence-corrected chi connectivity index (χ3v) is 19.5. The molecule has 43 nitrogen and oxygen atoms in total. The van der Waals surface area contributed by atoms with Crippen molar-refractivity contribution in [3.05, 3.63) is 84.5 Å². The number of ether oxygens (including phenoxy) is 13. The summed E-state index contributed by atoms with van der Waals surface area (Å²) < 4.78 is 100. The lowest BCUT2D eigenvalue weighted by Gasteiger charge is -2.40. The van der Waals surface area contributed by atoms with Crippen LogP contribution >= 0.6 is 15.2 Å². The summed E-state index contributed by atoms with van der Waals surface area (Å²) in [6, 6.07) is 11.3. The topological polar surface area (TPSA) is 570 Å². The monoisotopic (exact) mass is 1690 g/mol. The smallest absolute Gasteiger partial charge is 0.325 e. The van der Waals surface area contributed by atoms with Crippen molar-refractivity contribution in [1.29, 1.82) is 0 Å². The van der Waals surface area contributed by atoms with Gasteiger partial charge in [0.1, 0.15) is 48.1 Å². The minimum atomic E-state index is -4.41. The van der Waals surface area contributed by atoms with Crippen LogP contribution in [-0.2, 0) is 102 Å². The number of aliphatic hydroxyl groups excluding tert-OH is 6. The summed E-state index contributed by atoms with van der Waals surface area (Å²) in [5.41, 5.74) is 2.47. The van der Waals surface area contributed by atoms with Crippen molar-refractivity contribution in [2.75, 3.05) is 188 Å². The van der Waals surface area contributed by atoms with E-state index in [1.165, 1.54) is 36.4 Å².